The molecule has 2 nitrogen and oxygen atoms in total. The predicted octanol–water partition coefficient (Wildman–Crippen LogP) is 6.92. The van der Waals surface area contributed by atoms with E-state index >= 15 is 0 Å². The van der Waals surface area contributed by atoms with Crippen molar-refractivity contribution in [3.05, 3.63) is 11.6 Å². The fourth-order valence-electron chi connectivity index (χ4n) is 5.48. The average molecular weight is 383 g/mol. The Morgan fingerprint density at radius 1 is 0.808 bits per heavy atom. The Hall–Kier alpha value is -0.0500. The molecule has 0 aromatic rings. The van der Waals surface area contributed by atoms with Gasteiger partial charge in [0, 0.05) is 17.4 Å². The summed E-state index contributed by atoms with van der Waals surface area (Å²) in [4.78, 5) is 0. The monoisotopic (exact) mass is 382 g/mol. The molecule has 1 aliphatic heterocycles. The summed E-state index contributed by atoms with van der Waals surface area (Å²) in [5.74, 6) is 3.89. The Morgan fingerprint density at radius 3 is 1.96 bits per heavy atom. The van der Waals surface area contributed by atoms with Gasteiger partial charge in [-0.15, -0.1) is 0 Å². The fourth-order valence-corrected chi connectivity index (χ4v) is 5.69. The molecule has 0 radical (unpaired) electrons. The van der Waals surface area contributed by atoms with Crippen molar-refractivity contribution >= 4 is 11.6 Å². The Bertz CT molecular complexity index is 400. The van der Waals surface area contributed by atoms with Crippen molar-refractivity contribution in [1.29, 1.82) is 0 Å². The van der Waals surface area contributed by atoms with E-state index in [2.05, 4.69) is 13.0 Å². The average Bonchev–Trinajstić information content (AvgIpc) is 2.70. The van der Waals surface area contributed by atoms with Crippen LogP contribution in [0.4, 0.5) is 0 Å². The van der Waals surface area contributed by atoms with Crippen molar-refractivity contribution in [2.75, 3.05) is 13.2 Å². The third kappa shape index (κ3) is 5.97. The number of allylic oxidation sites excluding steroid dienone is 1. The van der Waals surface area contributed by atoms with E-state index in [1.807, 2.05) is 0 Å². The van der Waals surface area contributed by atoms with E-state index in [1.165, 1.54) is 77.0 Å². The van der Waals surface area contributed by atoms with Gasteiger partial charge in [0.25, 0.3) is 0 Å². The minimum absolute atomic E-state index is 0.0861. The third-order valence-electron chi connectivity index (χ3n) is 7.24. The van der Waals surface area contributed by atoms with Gasteiger partial charge in [-0.2, -0.15) is 0 Å². The number of hydrogen-bond acceptors (Lipinski definition) is 2. The number of ether oxygens (including phenoxy) is 2. The number of unbranched alkanes of at least 4 members (excludes halogenated alkanes) is 2. The molecule has 3 aliphatic rings. The standard InChI is InChI=1S/C23H39ClO2/c1-2-3-4-5-19-16-25-23(26-17-19)22-12-10-21(11-13-22)20-8-6-18(7-9-20)14-15-24/h14-15,18-23H,2-13,16-17H2,1H3. The van der Waals surface area contributed by atoms with Crippen molar-refractivity contribution in [2.24, 2.45) is 29.6 Å². The first-order valence-corrected chi connectivity index (χ1v) is 11.7. The van der Waals surface area contributed by atoms with E-state index in [1.54, 1.807) is 5.54 Å². The van der Waals surface area contributed by atoms with Crippen molar-refractivity contribution < 1.29 is 9.47 Å². The lowest BCUT2D eigenvalue weighted by Crippen LogP contribution is -2.39. The Labute approximate surface area is 166 Å². The highest BCUT2D eigenvalue weighted by atomic mass is 35.5. The SMILES string of the molecule is CCCCCC1COC(C2CCC(C3CCC(C=CCl)CC3)CC2)OC1. The van der Waals surface area contributed by atoms with Crippen LogP contribution < -0.4 is 0 Å². The molecule has 3 fully saturated rings. The van der Waals surface area contributed by atoms with Crippen molar-refractivity contribution in [2.45, 2.75) is 90.3 Å². The summed E-state index contributed by atoms with van der Waals surface area (Å²) < 4.78 is 12.3. The Morgan fingerprint density at radius 2 is 1.38 bits per heavy atom. The van der Waals surface area contributed by atoms with Gasteiger partial charge in [-0.3, -0.25) is 0 Å². The van der Waals surface area contributed by atoms with Crippen molar-refractivity contribution in [3.8, 4) is 0 Å². The second-order valence-electron chi connectivity index (χ2n) is 9.07. The van der Waals surface area contributed by atoms with Crippen LogP contribution >= 0.6 is 11.6 Å². The molecular formula is C23H39ClO2. The predicted molar refractivity (Wildman–Crippen MR) is 109 cm³/mol. The van der Waals surface area contributed by atoms with Gasteiger partial charge in [0.05, 0.1) is 13.2 Å². The van der Waals surface area contributed by atoms with Gasteiger partial charge >= 0.3 is 0 Å². The van der Waals surface area contributed by atoms with Crippen LogP contribution in [0.5, 0.6) is 0 Å². The highest BCUT2D eigenvalue weighted by molar-refractivity contribution is 6.25. The van der Waals surface area contributed by atoms with Gasteiger partial charge in [-0.05, 0) is 75.5 Å². The van der Waals surface area contributed by atoms with Gasteiger partial charge in [-0.1, -0.05) is 43.9 Å². The van der Waals surface area contributed by atoms with Crippen LogP contribution in [0.2, 0.25) is 0 Å². The second-order valence-corrected chi connectivity index (χ2v) is 9.32. The van der Waals surface area contributed by atoms with Crippen LogP contribution in [0.25, 0.3) is 0 Å². The molecule has 2 aliphatic carbocycles. The van der Waals surface area contributed by atoms with Crippen molar-refractivity contribution in [3.63, 3.8) is 0 Å². The van der Waals surface area contributed by atoms with Gasteiger partial charge in [0.1, 0.15) is 0 Å². The lowest BCUT2D eigenvalue weighted by atomic mass is 9.69. The van der Waals surface area contributed by atoms with Crippen LogP contribution in [-0.4, -0.2) is 19.5 Å². The summed E-state index contributed by atoms with van der Waals surface area (Å²) >= 11 is 5.75. The summed E-state index contributed by atoms with van der Waals surface area (Å²) in [7, 11) is 0. The van der Waals surface area contributed by atoms with Gasteiger partial charge in [0.2, 0.25) is 0 Å². The molecule has 0 aromatic heterocycles. The van der Waals surface area contributed by atoms with Crippen LogP contribution in [0.15, 0.2) is 11.6 Å². The zero-order chi connectivity index (χ0) is 18.2. The molecular weight excluding hydrogens is 344 g/mol. The molecule has 0 unspecified atom stereocenters. The zero-order valence-corrected chi connectivity index (χ0v) is 17.5. The number of hydrogen-bond donors (Lipinski definition) is 0. The van der Waals surface area contributed by atoms with Gasteiger partial charge in [0.15, 0.2) is 6.29 Å². The quantitative estimate of drug-likeness (QED) is 0.445. The van der Waals surface area contributed by atoms with Gasteiger partial charge < -0.3 is 9.47 Å². The minimum Gasteiger partial charge on any atom is -0.352 e. The normalized spacial score (nSPS) is 39.3. The molecule has 3 heteroatoms. The number of rotatable bonds is 7. The maximum atomic E-state index is 6.14. The van der Waals surface area contributed by atoms with Crippen LogP contribution in [0.3, 0.4) is 0 Å². The molecule has 0 amide bonds. The molecule has 3 rings (SSSR count). The van der Waals surface area contributed by atoms with Crippen LogP contribution in [-0.2, 0) is 9.47 Å². The van der Waals surface area contributed by atoms with E-state index in [0.29, 0.717) is 11.8 Å². The summed E-state index contributed by atoms with van der Waals surface area (Å²) in [5, 5.41) is 0. The van der Waals surface area contributed by atoms with Crippen LogP contribution in [0, 0.1) is 29.6 Å². The highest BCUT2D eigenvalue weighted by Crippen LogP contribution is 2.43. The molecule has 0 spiro atoms. The molecule has 1 saturated heterocycles. The molecule has 1 heterocycles. The Balaban J connectivity index is 1.33. The first-order chi connectivity index (χ1) is 12.8. The minimum atomic E-state index is 0.0861. The van der Waals surface area contributed by atoms with Gasteiger partial charge in [-0.25, -0.2) is 0 Å². The van der Waals surface area contributed by atoms with E-state index < -0.39 is 0 Å². The largest absolute Gasteiger partial charge is 0.352 e. The molecule has 0 atom stereocenters. The highest BCUT2D eigenvalue weighted by Gasteiger charge is 2.35. The summed E-state index contributed by atoms with van der Waals surface area (Å²) in [6.07, 6.45) is 18.4. The lowest BCUT2D eigenvalue weighted by Gasteiger charge is -2.40. The molecule has 150 valence electrons. The van der Waals surface area contributed by atoms with Crippen molar-refractivity contribution in [1.82, 2.24) is 0 Å². The van der Waals surface area contributed by atoms with E-state index in [9.17, 15) is 0 Å². The molecule has 0 bridgehead atoms. The van der Waals surface area contributed by atoms with E-state index in [0.717, 1.165) is 31.0 Å². The Kier molecular flexibility index (Phi) is 8.81. The first kappa shape index (κ1) is 20.7. The first-order valence-electron chi connectivity index (χ1n) is 11.3. The summed E-state index contributed by atoms with van der Waals surface area (Å²) in [6.45, 7) is 4.11. The molecule has 0 aromatic carbocycles. The topological polar surface area (TPSA) is 18.5 Å². The lowest BCUT2D eigenvalue weighted by molar-refractivity contribution is -0.230. The maximum Gasteiger partial charge on any atom is 0.160 e. The smallest absolute Gasteiger partial charge is 0.160 e. The van der Waals surface area contributed by atoms with E-state index in [-0.39, 0.29) is 6.29 Å². The molecule has 26 heavy (non-hydrogen) atoms. The molecule has 2 saturated carbocycles. The zero-order valence-electron chi connectivity index (χ0n) is 16.7. The third-order valence-corrected chi connectivity index (χ3v) is 7.38. The summed E-state index contributed by atoms with van der Waals surface area (Å²) in [5.41, 5.74) is 1.72. The number of halogens is 1. The van der Waals surface area contributed by atoms with E-state index in [4.69, 9.17) is 21.1 Å². The molecule has 0 N–H and O–H groups in total. The summed E-state index contributed by atoms with van der Waals surface area (Å²) in [6, 6.07) is 0. The maximum absolute atomic E-state index is 6.14. The fraction of sp³-hybridized carbons (Fsp3) is 0.913. The van der Waals surface area contributed by atoms with Crippen LogP contribution in [0.1, 0.15) is 84.0 Å². The second kappa shape index (κ2) is 11.1.